The van der Waals surface area contributed by atoms with Crippen molar-refractivity contribution in [3.05, 3.63) is 41.2 Å². The fourth-order valence-electron chi connectivity index (χ4n) is 2.21. The van der Waals surface area contributed by atoms with Gasteiger partial charge < -0.3 is 25.9 Å². The number of nitrogens with two attached hydrogens (primary N) is 2. The fraction of sp³-hybridized carbons (Fsp3) is 0.467. The third kappa shape index (κ3) is 5.38. The predicted octanol–water partition coefficient (Wildman–Crippen LogP) is 1.14. The quantitative estimate of drug-likeness (QED) is 0.491. The number of ether oxygens (including phenoxy) is 1. The molecule has 1 fully saturated rings. The van der Waals surface area contributed by atoms with Gasteiger partial charge in [0.1, 0.15) is 5.75 Å². The Labute approximate surface area is 136 Å². The van der Waals surface area contributed by atoms with Gasteiger partial charge in [-0.05, 0) is 43.6 Å². The van der Waals surface area contributed by atoms with Crippen molar-refractivity contribution in [2.75, 3.05) is 27.2 Å². The molecule has 0 radical (unpaired) electrons. The number of hydrogen-bond acceptors (Lipinski definition) is 6. The topological polar surface area (TPSA) is 96.8 Å². The van der Waals surface area contributed by atoms with E-state index < -0.39 is 5.60 Å². The molecule has 0 atom stereocenters. The van der Waals surface area contributed by atoms with E-state index in [9.17, 15) is 5.11 Å². The summed E-state index contributed by atoms with van der Waals surface area (Å²) >= 11 is 5.96. The average molecular weight is 329 g/mol. The molecule has 22 heavy (non-hydrogen) atoms. The molecular formula is C15H25ClN4O2. The molecule has 0 unspecified atom stereocenters. The molecule has 0 aromatic heterocycles. The third-order valence-corrected chi connectivity index (χ3v) is 3.75. The van der Waals surface area contributed by atoms with E-state index in [1.54, 1.807) is 26.4 Å². The van der Waals surface area contributed by atoms with Crippen molar-refractivity contribution in [2.24, 2.45) is 11.6 Å². The predicted molar refractivity (Wildman–Crippen MR) is 89.3 cm³/mol. The number of rotatable bonds is 3. The summed E-state index contributed by atoms with van der Waals surface area (Å²) in [6.07, 6.45) is 4.37. The number of nitrogens with one attached hydrogen (secondary N) is 1. The molecule has 7 heteroatoms. The van der Waals surface area contributed by atoms with Crippen molar-refractivity contribution in [2.45, 2.75) is 18.4 Å². The van der Waals surface area contributed by atoms with Crippen molar-refractivity contribution < 1.29 is 9.84 Å². The zero-order valence-electron chi connectivity index (χ0n) is 13.1. The summed E-state index contributed by atoms with van der Waals surface area (Å²) in [5.74, 6) is 5.69. The van der Waals surface area contributed by atoms with Crippen molar-refractivity contribution in [1.82, 2.24) is 10.3 Å². The van der Waals surface area contributed by atoms with Gasteiger partial charge in [-0.15, -0.1) is 0 Å². The molecule has 6 N–H and O–H groups in total. The van der Waals surface area contributed by atoms with Gasteiger partial charge in [-0.3, -0.25) is 0 Å². The van der Waals surface area contributed by atoms with Crippen LogP contribution in [0.15, 0.2) is 30.6 Å². The van der Waals surface area contributed by atoms with Crippen LogP contribution in [-0.2, 0) is 5.60 Å². The van der Waals surface area contributed by atoms with Crippen LogP contribution in [0.4, 0.5) is 0 Å². The Morgan fingerprint density at radius 2 is 2.05 bits per heavy atom. The molecule has 1 aliphatic rings. The lowest BCUT2D eigenvalue weighted by Gasteiger charge is -2.33. The fourth-order valence-corrected chi connectivity index (χ4v) is 2.41. The molecule has 0 aliphatic carbocycles. The van der Waals surface area contributed by atoms with Crippen molar-refractivity contribution in [3.63, 3.8) is 0 Å². The molecule has 1 aliphatic heterocycles. The second-order valence-corrected chi connectivity index (χ2v) is 5.55. The van der Waals surface area contributed by atoms with Crippen LogP contribution in [0.1, 0.15) is 18.4 Å². The maximum atomic E-state index is 10.5. The first-order valence-corrected chi connectivity index (χ1v) is 7.44. The molecule has 0 amide bonds. The Balaban J connectivity index is 0.000000346. The summed E-state index contributed by atoms with van der Waals surface area (Å²) in [7, 11) is 3.28. The average Bonchev–Trinajstić information content (AvgIpc) is 2.49. The van der Waals surface area contributed by atoms with Gasteiger partial charge in [-0.25, -0.2) is 5.84 Å². The van der Waals surface area contributed by atoms with Crippen LogP contribution in [0.25, 0.3) is 0 Å². The second kappa shape index (κ2) is 8.85. The molecule has 0 spiro atoms. The summed E-state index contributed by atoms with van der Waals surface area (Å²) in [6, 6.07) is 5.47. The molecule has 1 saturated heterocycles. The van der Waals surface area contributed by atoms with E-state index in [-0.39, 0.29) is 0 Å². The number of nitrogens with zero attached hydrogens (tertiary/aromatic N) is 1. The lowest BCUT2D eigenvalue weighted by Crippen LogP contribution is -2.39. The van der Waals surface area contributed by atoms with Gasteiger partial charge in [0.15, 0.2) is 0 Å². The molecule has 0 saturated carbocycles. The van der Waals surface area contributed by atoms with E-state index in [1.165, 1.54) is 11.2 Å². The monoisotopic (exact) mass is 328 g/mol. The third-order valence-electron chi connectivity index (χ3n) is 3.44. The van der Waals surface area contributed by atoms with Crippen LogP contribution in [0.3, 0.4) is 0 Å². The van der Waals surface area contributed by atoms with Crippen molar-refractivity contribution in [1.29, 1.82) is 0 Å². The van der Waals surface area contributed by atoms with Gasteiger partial charge in [0.05, 0.1) is 17.7 Å². The van der Waals surface area contributed by atoms with Crippen LogP contribution in [-0.4, -0.2) is 37.4 Å². The van der Waals surface area contributed by atoms with Crippen LogP contribution < -0.4 is 21.6 Å². The number of aliphatic hydroxyl groups is 1. The van der Waals surface area contributed by atoms with E-state index in [0.29, 0.717) is 10.8 Å². The number of benzene rings is 1. The Kier molecular flexibility index (Phi) is 7.47. The standard InChI is InChI=1S/C12H16ClNO2.C3H9N3/c1-16-11-8-9(2-3-10(11)13)12(15)4-6-14-7-5-12;1-6(5)3-2-4/h2-3,8,14-15H,4-7H2,1H3;2-3H,4-5H2,1H3/b;3-2-. The van der Waals surface area contributed by atoms with Crippen LogP contribution >= 0.6 is 11.6 Å². The Bertz CT molecular complexity index is 488. The van der Waals surface area contributed by atoms with Gasteiger partial charge in [-0.1, -0.05) is 17.7 Å². The van der Waals surface area contributed by atoms with Crippen LogP contribution in [0.2, 0.25) is 5.02 Å². The lowest BCUT2D eigenvalue weighted by molar-refractivity contribution is 0.00577. The summed E-state index contributed by atoms with van der Waals surface area (Å²) < 4.78 is 5.16. The van der Waals surface area contributed by atoms with E-state index in [2.05, 4.69) is 5.32 Å². The van der Waals surface area contributed by atoms with Crippen molar-refractivity contribution in [3.8, 4) is 5.75 Å². The Hall–Kier alpha value is -1.47. The Morgan fingerprint density at radius 3 is 2.50 bits per heavy atom. The zero-order valence-corrected chi connectivity index (χ0v) is 13.8. The maximum Gasteiger partial charge on any atom is 0.137 e. The van der Waals surface area contributed by atoms with E-state index in [0.717, 1.165) is 31.5 Å². The number of hydrogen-bond donors (Lipinski definition) is 4. The number of piperidine rings is 1. The molecule has 6 nitrogen and oxygen atoms in total. The minimum absolute atomic E-state index is 0.573. The highest BCUT2D eigenvalue weighted by molar-refractivity contribution is 6.32. The number of methoxy groups -OCH3 is 1. The van der Waals surface area contributed by atoms with Gasteiger partial charge >= 0.3 is 0 Å². The highest BCUT2D eigenvalue weighted by Gasteiger charge is 2.31. The van der Waals surface area contributed by atoms with Gasteiger partial charge in [-0.2, -0.15) is 0 Å². The first kappa shape index (κ1) is 18.6. The molecule has 1 aromatic rings. The highest BCUT2D eigenvalue weighted by atomic mass is 35.5. The first-order valence-electron chi connectivity index (χ1n) is 7.06. The van der Waals surface area contributed by atoms with E-state index >= 15 is 0 Å². The van der Waals surface area contributed by atoms with Gasteiger partial charge in [0.2, 0.25) is 0 Å². The Morgan fingerprint density at radius 1 is 1.41 bits per heavy atom. The van der Waals surface area contributed by atoms with Gasteiger partial charge in [0.25, 0.3) is 0 Å². The van der Waals surface area contributed by atoms with Gasteiger partial charge in [0, 0.05) is 19.4 Å². The number of hydrazine groups is 1. The molecular weight excluding hydrogens is 304 g/mol. The molecule has 2 rings (SSSR count). The van der Waals surface area contributed by atoms with Crippen LogP contribution in [0.5, 0.6) is 5.75 Å². The summed E-state index contributed by atoms with van der Waals surface area (Å²) in [5.41, 5.74) is 5.06. The van der Waals surface area contributed by atoms with E-state index in [1.807, 2.05) is 12.1 Å². The minimum atomic E-state index is -0.747. The summed E-state index contributed by atoms with van der Waals surface area (Å²) in [4.78, 5) is 0. The molecule has 1 heterocycles. The lowest BCUT2D eigenvalue weighted by atomic mass is 9.85. The van der Waals surface area contributed by atoms with Crippen molar-refractivity contribution >= 4 is 11.6 Å². The second-order valence-electron chi connectivity index (χ2n) is 5.14. The number of halogens is 1. The zero-order chi connectivity index (χ0) is 16.6. The molecule has 0 bridgehead atoms. The normalized spacial score (nSPS) is 16.8. The summed E-state index contributed by atoms with van der Waals surface area (Å²) in [5, 5.41) is 15.7. The van der Waals surface area contributed by atoms with E-state index in [4.69, 9.17) is 27.9 Å². The smallest absolute Gasteiger partial charge is 0.137 e. The molecule has 1 aromatic carbocycles. The first-order chi connectivity index (χ1) is 10.4. The largest absolute Gasteiger partial charge is 0.495 e. The SMILES string of the molecule is CN(N)/C=C\N.COc1cc(C2(O)CCNCC2)ccc1Cl. The summed E-state index contributed by atoms with van der Waals surface area (Å²) in [6.45, 7) is 1.67. The van der Waals surface area contributed by atoms with Crippen LogP contribution in [0, 0.1) is 0 Å². The minimum Gasteiger partial charge on any atom is -0.495 e. The highest BCUT2D eigenvalue weighted by Crippen LogP contribution is 2.35. The maximum absolute atomic E-state index is 10.5. The molecule has 124 valence electrons.